The van der Waals surface area contributed by atoms with Crippen LogP contribution >= 0.6 is 11.6 Å². The summed E-state index contributed by atoms with van der Waals surface area (Å²) in [6.45, 7) is 4.88. The molecular weight excluding hydrogens is 224 g/mol. The molecule has 0 radical (unpaired) electrons. The first-order valence-corrected chi connectivity index (χ1v) is 6.47. The van der Waals surface area contributed by atoms with Crippen molar-refractivity contribution in [2.75, 3.05) is 13.2 Å². The number of alkyl halides is 1. The van der Waals surface area contributed by atoms with Crippen LogP contribution < -0.4 is 0 Å². The summed E-state index contributed by atoms with van der Waals surface area (Å²) in [4.78, 5) is 0. The van der Waals surface area contributed by atoms with Gasteiger partial charge in [0.05, 0.1) is 11.6 Å². The minimum Gasteiger partial charge on any atom is -0.381 e. The molecule has 0 aromatic carbocycles. The fourth-order valence-corrected chi connectivity index (χ4v) is 2.18. The van der Waals surface area contributed by atoms with Gasteiger partial charge in [-0.25, -0.2) is 0 Å². The van der Waals surface area contributed by atoms with Gasteiger partial charge in [-0.15, -0.1) is 11.6 Å². The Hall–Kier alpha value is -0.540. The Labute approximate surface area is 102 Å². The molecule has 0 amide bonds. The maximum absolute atomic E-state index is 6.17. The number of hydrogen-bond acceptors (Lipinski definition) is 2. The minimum absolute atomic E-state index is 0.100. The molecule has 1 aliphatic rings. The molecule has 0 bridgehead atoms. The molecule has 2 rings (SSSR count). The highest BCUT2D eigenvalue weighted by atomic mass is 35.5. The van der Waals surface area contributed by atoms with Gasteiger partial charge in [0.15, 0.2) is 0 Å². The van der Waals surface area contributed by atoms with E-state index in [2.05, 4.69) is 18.2 Å². The van der Waals surface area contributed by atoms with Crippen LogP contribution in [0.15, 0.2) is 12.4 Å². The summed E-state index contributed by atoms with van der Waals surface area (Å²) in [6, 6.07) is 0. The number of hydrogen-bond donors (Lipinski definition) is 0. The van der Waals surface area contributed by atoms with Crippen molar-refractivity contribution in [3.63, 3.8) is 0 Å². The number of ether oxygens (including phenoxy) is 1. The monoisotopic (exact) mass is 242 g/mol. The van der Waals surface area contributed by atoms with E-state index < -0.39 is 0 Å². The Morgan fingerprint density at radius 2 is 2.31 bits per heavy atom. The number of halogens is 1. The second kappa shape index (κ2) is 5.69. The first-order chi connectivity index (χ1) is 7.79. The lowest BCUT2D eigenvalue weighted by atomic mass is 10.0. The van der Waals surface area contributed by atoms with Crippen LogP contribution in [-0.4, -0.2) is 23.0 Å². The first-order valence-electron chi connectivity index (χ1n) is 6.03. The highest BCUT2D eigenvalue weighted by Crippen LogP contribution is 2.23. The molecule has 90 valence electrons. The van der Waals surface area contributed by atoms with Crippen LogP contribution in [0.2, 0.25) is 0 Å². The van der Waals surface area contributed by atoms with Crippen LogP contribution in [0.1, 0.15) is 37.1 Å². The fourth-order valence-electron chi connectivity index (χ4n) is 2.07. The van der Waals surface area contributed by atoms with E-state index in [9.17, 15) is 0 Å². The molecule has 1 aliphatic heterocycles. The number of aromatic nitrogens is 2. The third kappa shape index (κ3) is 2.98. The highest BCUT2D eigenvalue weighted by Gasteiger charge is 2.15. The maximum Gasteiger partial charge on any atom is 0.0613 e. The normalized spacial score (nSPS) is 19.9. The molecule has 3 nitrogen and oxygen atoms in total. The molecule has 16 heavy (non-hydrogen) atoms. The van der Waals surface area contributed by atoms with Gasteiger partial charge in [0.2, 0.25) is 0 Å². The summed E-state index contributed by atoms with van der Waals surface area (Å²) in [5.74, 6) is 0.705. The molecule has 1 saturated heterocycles. The van der Waals surface area contributed by atoms with E-state index in [1.807, 2.05) is 10.9 Å². The second-order valence-electron chi connectivity index (χ2n) is 4.43. The Morgan fingerprint density at radius 1 is 1.56 bits per heavy atom. The van der Waals surface area contributed by atoms with Crippen molar-refractivity contribution in [2.24, 2.45) is 5.92 Å². The quantitative estimate of drug-likeness (QED) is 0.759. The van der Waals surface area contributed by atoms with Crippen LogP contribution in [0.5, 0.6) is 0 Å². The van der Waals surface area contributed by atoms with E-state index in [1.165, 1.54) is 0 Å². The van der Waals surface area contributed by atoms with Crippen molar-refractivity contribution in [3.05, 3.63) is 18.0 Å². The maximum atomic E-state index is 6.17. The van der Waals surface area contributed by atoms with Crippen LogP contribution in [0.3, 0.4) is 0 Å². The molecule has 1 aromatic heterocycles. The number of nitrogens with zero attached hydrogens (tertiary/aromatic N) is 2. The smallest absolute Gasteiger partial charge is 0.0613 e. The molecule has 1 aromatic rings. The largest absolute Gasteiger partial charge is 0.381 e. The molecule has 0 saturated carbocycles. The van der Waals surface area contributed by atoms with E-state index in [0.29, 0.717) is 5.92 Å². The van der Waals surface area contributed by atoms with Crippen molar-refractivity contribution in [1.82, 2.24) is 9.78 Å². The van der Waals surface area contributed by atoms with E-state index in [1.54, 1.807) is 0 Å². The van der Waals surface area contributed by atoms with E-state index in [-0.39, 0.29) is 5.38 Å². The van der Waals surface area contributed by atoms with Gasteiger partial charge in [0, 0.05) is 31.5 Å². The van der Waals surface area contributed by atoms with Gasteiger partial charge in [-0.2, -0.15) is 5.10 Å². The third-order valence-electron chi connectivity index (χ3n) is 3.16. The SMILES string of the molecule is CCC(Cl)c1cnn(CC2CCOCC2)c1. The standard InChI is InChI=1S/C12H19ClN2O/c1-2-12(13)11-7-14-15(9-11)8-10-3-5-16-6-4-10/h7,9-10,12H,2-6,8H2,1H3. The molecule has 1 atom stereocenters. The van der Waals surface area contributed by atoms with Crippen molar-refractivity contribution < 1.29 is 4.74 Å². The first kappa shape index (κ1) is 11.9. The van der Waals surface area contributed by atoms with E-state index >= 15 is 0 Å². The van der Waals surface area contributed by atoms with Gasteiger partial charge in [-0.3, -0.25) is 4.68 Å². The molecular formula is C12H19ClN2O. The van der Waals surface area contributed by atoms with E-state index in [4.69, 9.17) is 16.3 Å². The lowest BCUT2D eigenvalue weighted by molar-refractivity contribution is 0.0601. The van der Waals surface area contributed by atoms with Crippen LogP contribution in [0.4, 0.5) is 0 Å². The molecule has 0 spiro atoms. The van der Waals surface area contributed by atoms with Gasteiger partial charge in [0.1, 0.15) is 0 Å². The molecule has 1 unspecified atom stereocenters. The molecule has 0 aliphatic carbocycles. The summed E-state index contributed by atoms with van der Waals surface area (Å²) in [7, 11) is 0. The Morgan fingerprint density at radius 3 is 3.00 bits per heavy atom. The Balaban J connectivity index is 1.91. The third-order valence-corrected chi connectivity index (χ3v) is 3.72. The average Bonchev–Trinajstić information content (AvgIpc) is 2.78. The van der Waals surface area contributed by atoms with Crippen LogP contribution in [0, 0.1) is 5.92 Å². The lowest BCUT2D eigenvalue weighted by Crippen LogP contribution is -2.20. The van der Waals surface area contributed by atoms with E-state index in [0.717, 1.165) is 44.6 Å². The minimum atomic E-state index is 0.100. The summed E-state index contributed by atoms with van der Waals surface area (Å²) in [5.41, 5.74) is 1.14. The Kier molecular flexibility index (Phi) is 4.24. The van der Waals surface area contributed by atoms with Gasteiger partial charge in [0.25, 0.3) is 0 Å². The summed E-state index contributed by atoms with van der Waals surface area (Å²) in [6.07, 6.45) is 7.21. The lowest BCUT2D eigenvalue weighted by Gasteiger charge is -2.21. The van der Waals surface area contributed by atoms with Crippen LogP contribution in [-0.2, 0) is 11.3 Å². The zero-order valence-electron chi connectivity index (χ0n) is 9.73. The summed E-state index contributed by atoms with van der Waals surface area (Å²) in [5, 5.41) is 4.47. The van der Waals surface area contributed by atoms with Gasteiger partial charge >= 0.3 is 0 Å². The predicted molar refractivity (Wildman–Crippen MR) is 64.7 cm³/mol. The summed E-state index contributed by atoms with van der Waals surface area (Å²) < 4.78 is 7.37. The predicted octanol–water partition coefficient (Wildman–Crippen LogP) is 3.00. The fraction of sp³-hybridized carbons (Fsp3) is 0.750. The van der Waals surface area contributed by atoms with Crippen molar-refractivity contribution in [1.29, 1.82) is 0 Å². The zero-order valence-corrected chi connectivity index (χ0v) is 10.5. The molecule has 1 fully saturated rings. The number of rotatable bonds is 4. The average molecular weight is 243 g/mol. The summed E-state index contributed by atoms with van der Waals surface area (Å²) >= 11 is 6.17. The molecule has 2 heterocycles. The molecule has 4 heteroatoms. The van der Waals surface area contributed by atoms with Crippen molar-refractivity contribution in [2.45, 2.75) is 38.1 Å². The van der Waals surface area contributed by atoms with Gasteiger partial charge in [-0.05, 0) is 25.2 Å². The Bertz CT molecular complexity index is 321. The molecule has 0 N–H and O–H groups in total. The second-order valence-corrected chi connectivity index (χ2v) is 4.95. The van der Waals surface area contributed by atoms with Crippen molar-refractivity contribution >= 4 is 11.6 Å². The van der Waals surface area contributed by atoms with Gasteiger partial charge in [-0.1, -0.05) is 6.92 Å². The topological polar surface area (TPSA) is 27.1 Å². The van der Waals surface area contributed by atoms with Gasteiger partial charge < -0.3 is 4.74 Å². The highest BCUT2D eigenvalue weighted by molar-refractivity contribution is 6.20. The van der Waals surface area contributed by atoms with Crippen LogP contribution in [0.25, 0.3) is 0 Å². The van der Waals surface area contributed by atoms with Crippen molar-refractivity contribution in [3.8, 4) is 0 Å². The zero-order chi connectivity index (χ0) is 11.4.